The van der Waals surface area contributed by atoms with E-state index in [0.717, 1.165) is 12.1 Å². The molecule has 0 atom stereocenters. The predicted octanol–water partition coefficient (Wildman–Crippen LogP) is 1.26. The SMILES string of the molecule is CCCNC(=O)c1n[nH]c(C(C)C)c1N. The van der Waals surface area contributed by atoms with Crippen molar-refractivity contribution in [2.75, 3.05) is 12.3 Å². The van der Waals surface area contributed by atoms with Gasteiger partial charge in [-0.2, -0.15) is 5.10 Å². The summed E-state index contributed by atoms with van der Waals surface area (Å²) in [5.74, 6) is 0.0303. The molecule has 5 heteroatoms. The Kier molecular flexibility index (Phi) is 3.71. The molecule has 1 aromatic rings. The number of hydrogen-bond donors (Lipinski definition) is 3. The van der Waals surface area contributed by atoms with Gasteiger partial charge in [0, 0.05) is 6.54 Å². The van der Waals surface area contributed by atoms with E-state index in [2.05, 4.69) is 15.5 Å². The number of hydrogen-bond acceptors (Lipinski definition) is 3. The third-order valence-electron chi connectivity index (χ3n) is 2.16. The number of H-pyrrole nitrogens is 1. The highest BCUT2D eigenvalue weighted by Crippen LogP contribution is 2.21. The van der Waals surface area contributed by atoms with Gasteiger partial charge in [0.05, 0.1) is 11.4 Å². The molecule has 0 fully saturated rings. The fourth-order valence-electron chi connectivity index (χ4n) is 1.30. The summed E-state index contributed by atoms with van der Waals surface area (Å²) in [6, 6.07) is 0. The van der Waals surface area contributed by atoms with E-state index in [9.17, 15) is 4.79 Å². The average molecular weight is 210 g/mol. The van der Waals surface area contributed by atoms with Crippen LogP contribution >= 0.6 is 0 Å². The van der Waals surface area contributed by atoms with Crippen molar-refractivity contribution in [3.63, 3.8) is 0 Å². The molecule has 0 saturated heterocycles. The molecule has 0 aliphatic heterocycles. The minimum atomic E-state index is -0.211. The van der Waals surface area contributed by atoms with E-state index in [-0.39, 0.29) is 11.8 Å². The normalized spacial score (nSPS) is 10.7. The summed E-state index contributed by atoms with van der Waals surface area (Å²) in [5, 5.41) is 9.46. The second-order valence-corrected chi connectivity index (χ2v) is 3.81. The zero-order valence-electron chi connectivity index (χ0n) is 9.42. The number of nitrogens with one attached hydrogen (secondary N) is 2. The molecule has 0 bridgehead atoms. The predicted molar refractivity (Wildman–Crippen MR) is 59.7 cm³/mol. The van der Waals surface area contributed by atoms with Crippen LogP contribution in [0.2, 0.25) is 0 Å². The summed E-state index contributed by atoms with van der Waals surface area (Å²) < 4.78 is 0. The molecule has 84 valence electrons. The van der Waals surface area contributed by atoms with Crippen LogP contribution in [-0.4, -0.2) is 22.6 Å². The molecule has 0 unspecified atom stereocenters. The van der Waals surface area contributed by atoms with Crippen LogP contribution in [0.1, 0.15) is 49.3 Å². The second kappa shape index (κ2) is 4.82. The van der Waals surface area contributed by atoms with Crippen molar-refractivity contribution in [1.29, 1.82) is 0 Å². The lowest BCUT2D eigenvalue weighted by molar-refractivity contribution is 0.0949. The van der Waals surface area contributed by atoms with Crippen LogP contribution < -0.4 is 11.1 Å². The Morgan fingerprint density at radius 2 is 2.27 bits per heavy atom. The van der Waals surface area contributed by atoms with Gasteiger partial charge in [0.25, 0.3) is 5.91 Å². The highest BCUT2D eigenvalue weighted by Gasteiger charge is 2.17. The number of nitrogens with zero attached hydrogens (tertiary/aromatic N) is 1. The smallest absolute Gasteiger partial charge is 0.273 e. The van der Waals surface area contributed by atoms with Gasteiger partial charge in [-0.05, 0) is 12.3 Å². The number of rotatable bonds is 4. The molecule has 15 heavy (non-hydrogen) atoms. The van der Waals surface area contributed by atoms with Crippen LogP contribution in [0.15, 0.2) is 0 Å². The van der Waals surface area contributed by atoms with E-state index in [1.165, 1.54) is 0 Å². The lowest BCUT2D eigenvalue weighted by atomic mass is 10.1. The summed E-state index contributed by atoms with van der Waals surface area (Å²) in [6.45, 7) is 6.63. The minimum Gasteiger partial charge on any atom is -0.395 e. The molecule has 1 aromatic heterocycles. The van der Waals surface area contributed by atoms with Gasteiger partial charge < -0.3 is 11.1 Å². The zero-order valence-corrected chi connectivity index (χ0v) is 9.42. The number of carbonyl (C=O) groups is 1. The lowest BCUT2D eigenvalue weighted by Crippen LogP contribution is -2.25. The number of carbonyl (C=O) groups excluding carboxylic acids is 1. The molecule has 0 aromatic carbocycles. The van der Waals surface area contributed by atoms with Crippen LogP contribution in [0.3, 0.4) is 0 Å². The number of nitrogens with two attached hydrogens (primary N) is 1. The fraction of sp³-hybridized carbons (Fsp3) is 0.600. The molecule has 1 amide bonds. The Balaban J connectivity index is 2.82. The van der Waals surface area contributed by atoms with Crippen molar-refractivity contribution in [3.8, 4) is 0 Å². The van der Waals surface area contributed by atoms with Gasteiger partial charge in [0.2, 0.25) is 0 Å². The van der Waals surface area contributed by atoms with Gasteiger partial charge in [-0.3, -0.25) is 9.89 Å². The Bertz CT molecular complexity index is 343. The van der Waals surface area contributed by atoms with Crippen molar-refractivity contribution >= 4 is 11.6 Å². The quantitative estimate of drug-likeness (QED) is 0.699. The van der Waals surface area contributed by atoms with Crippen LogP contribution in [0.5, 0.6) is 0 Å². The molecule has 0 radical (unpaired) electrons. The van der Waals surface area contributed by atoms with E-state index in [4.69, 9.17) is 5.73 Å². The van der Waals surface area contributed by atoms with Crippen molar-refractivity contribution < 1.29 is 4.79 Å². The number of anilines is 1. The molecule has 1 heterocycles. The maximum absolute atomic E-state index is 11.6. The van der Waals surface area contributed by atoms with Crippen molar-refractivity contribution in [3.05, 3.63) is 11.4 Å². The topological polar surface area (TPSA) is 83.8 Å². The monoisotopic (exact) mass is 210 g/mol. The third-order valence-corrected chi connectivity index (χ3v) is 2.16. The fourth-order valence-corrected chi connectivity index (χ4v) is 1.30. The van der Waals surface area contributed by atoms with Crippen molar-refractivity contribution in [1.82, 2.24) is 15.5 Å². The Hall–Kier alpha value is -1.52. The van der Waals surface area contributed by atoms with E-state index in [0.29, 0.717) is 17.9 Å². The average Bonchev–Trinajstić information content (AvgIpc) is 2.56. The second-order valence-electron chi connectivity index (χ2n) is 3.81. The molecule has 0 spiro atoms. The number of amides is 1. The first-order valence-corrected chi connectivity index (χ1v) is 5.19. The first kappa shape index (κ1) is 11.6. The highest BCUT2D eigenvalue weighted by molar-refractivity contribution is 5.97. The first-order valence-electron chi connectivity index (χ1n) is 5.19. The molecule has 0 aliphatic carbocycles. The largest absolute Gasteiger partial charge is 0.395 e. The molecule has 5 nitrogen and oxygen atoms in total. The number of aromatic amines is 1. The molecular weight excluding hydrogens is 192 g/mol. The minimum absolute atomic E-state index is 0.211. The van der Waals surface area contributed by atoms with E-state index >= 15 is 0 Å². The number of aromatic nitrogens is 2. The molecule has 0 aliphatic rings. The maximum Gasteiger partial charge on any atom is 0.273 e. The summed E-state index contributed by atoms with van der Waals surface area (Å²) in [6.07, 6.45) is 0.896. The Morgan fingerprint density at radius 3 is 2.73 bits per heavy atom. The Labute approximate surface area is 89.4 Å². The lowest BCUT2D eigenvalue weighted by Gasteiger charge is -2.03. The van der Waals surface area contributed by atoms with Gasteiger partial charge in [-0.1, -0.05) is 20.8 Å². The summed E-state index contributed by atoms with van der Waals surface area (Å²) in [5.41, 5.74) is 7.39. The molecular formula is C10H18N4O. The maximum atomic E-state index is 11.6. The summed E-state index contributed by atoms with van der Waals surface area (Å²) in [7, 11) is 0. The Morgan fingerprint density at radius 1 is 1.60 bits per heavy atom. The van der Waals surface area contributed by atoms with Crippen LogP contribution in [0.25, 0.3) is 0 Å². The molecule has 1 rings (SSSR count). The third kappa shape index (κ3) is 2.49. The first-order chi connectivity index (χ1) is 7.07. The van der Waals surface area contributed by atoms with Crippen molar-refractivity contribution in [2.45, 2.75) is 33.1 Å². The van der Waals surface area contributed by atoms with E-state index in [1.807, 2.05) is 20.8 Å². The molecule has 4 N–H and O–H groups in total. The standard InChI is InChI=1S/C10H18N4O/c1-4-5-12-10(15)9-7(11)8(6(2)3)13-14-9/h6H,4-5,11H2,1-3H3,(H,12,15)(H,13,14). The van der Waals surface area contributed by atoms with Gasteiger partial charge in [-0.15, -0.1) is 0 Å². The van der Waals surface area contributed by atoms with Gasteiger partial charge in [-0.25, -0.2) is 0 Å². The van der Waals surface area contributed by atoms with Crippen LogP contribution in [-0.2, 0) is 0 Å². The van der Waals surface area contributed by atoms with Crippen LogP contribution in [0.4, 0.5) is 5.69 Å². The molecule has 0 saturated carbocycles. The van der Waals surface area contributed by atoms with Gasteiger partial charge >= 0.3 is 0 Å². The van der Waals surface area contributed by atoms with Gasteiger partial charge in [0.1, 0.15) is 0 Å². The van der Waals surface area contributed by atoms with E-state index < -0.39 is 0 Å². The summed E-state index contributed by atoms with van der Waals surface area (Å²) >= 11 is 0. The highest BCUT2D eigenvalue weighted by atomic mass is 16.1. The van der Waals surface area contributed by atoms with E-state index in [1.54, 1.807) is 0 Å². The van der Waals surface area contributed by atoms with Crippen LogP contribution in [0, 0.1) is 0 Å². The summed E-state index contributed by atoms with van der Waals surface area (Å²) in [4.78, 5) is 11.6. The number of nitrogen functional groups attached to an aromatic ring is 1. The zero-order chi connectivity index (χ0) is 11.4. The van der Waals surface area contributed by atoms with Gasteiger partial charge in [0.15, 0.2) is 5.69 Å². The van der Waals surface area contributed by atoms with Crippen molar-refractivity contribution in [2.24, 2.45) is 0 Å².